The average Bonchev–Trinajstić information content (AvgIpc) is 2.19. The van der Waals surface area contributed by atoms with Crippen LogP contribution >= 0.6 is 0 Å². The number of carbonyl (C=O) groups excluding carboxylic acids is 1. The van der Waals surface area contributed by atoms with Gasteiger partial charge in [-0.25, -0.2) is 0 Å². The molecule has 1 aliphatic rings. The molecule has 1 atom stereocenters. The van der Waals surface area contributed by atoms with E-state index >= 15 is 0 Å². The van der Waals surface area contributed by atoms with Gasteiger partial charge in [-0.05, 0) is 26.3 Å². The highest BCUT2D eigenvalue weighted by Gasteiger charge is 2.34. The molecule has 4 heteroatoms. The Kier molecular flexibility index (Phi) is 5.05. The molecule has 0 bridgehead atoms. The number of esters is 1. The van der Waals surface area contributed by atoms with Crippen molar-refractivity contribution in [1.82, 2.24) is 5.32 Å². The molecule has 1 unspecified atom stereocenters. The van der Waals surface area contributed by atoms with Gasteiger partial charge in [-0.15, -0.1) is 0 Å². The summed E-state index contributed by atoms with van der Waals surface area (Å²) in [5.41, 5.74) is -0.195. The van der Waals surface area contributed by atoms with Crippen molar-refractivity contribution in [2.45, 2.75) is 38.6 Å². The lowest BCUT2D eigenvalue weighted by Gasteiger charge is -2.37. The van der Waals surface area contributed by atoms with E-state index in [1.54, 1.807) is 0 Å². The van der Waals surface area contributed by atoms with Gasteiger partial charge >= 0.3 is 5.97 Å². The molecule has 0 aromatic rings. The molecule has 88 valence electrons. The Bertz CT molecular complexity index is 194. The highest BCUT2D eigenvalue weighted by Crippen LogP contribution is 2.23. The van der Waals surface area contributed by atoms with Crippen LogP contribution in [0.5, 0.6) is 0 Å². The summed E-state index contributed by atoms with van der Waals surface area (Å²) in [6, 6.07) is 0. The van der Waals surface area contributed by atoms with Crippen molar-refractivity contribution < 1.29 is 14.3 Å². The molecule has 1 saturated heterocycles. The van der Waals surface area contributed by atoms with Crippen LogP contribution in [0.1, 0.15) is 33.1 Å². The first kappa shape index (κ1) is 12.5. The summed E-state index contributed by atoms with van der Waals surface area (Å²) in [4.78, 5) is 11.5. The van der Waals surface area contributed by atoms with Crippen LogP contribution in [0, 0.1) is 0 Å². The second-order valence-corrected chi connectivity index (χ2v) is 3.95. The van der Waals surface area contributed by atoms with E-state index < -0.39 is 0 Å². The average molecular weight is 215 g/mol. The quantitative estimate of drug-likeness (QED) is 0.698. The Morgan fingerprint density at radius 2 is 2.33 bits per heavy atom. The smallest absolute Gasteiger partial charge is 0.307 e. The predicted octanol–water partition coefficient (Wildman–Crippen LogP) is 1.10. The Morgan fingerprint density at radius 1 is 1.53 bits per heavy atom. The summed E-state index contributed by atoms with van der Waals surface area (Å²) in [5, 5.41) is 3.36. The molecule has 0 saturated carbocycles. The van der Waals surface area contributed by atoms with Crippen LogP contribution in [0.15, 0.2) is 0 Å². The second-order valence-electron chi connectivity index (χ2n) is 3.95. The monoisotopic (exact) mass is 215 g/mol. The zero-order valence-corrected chi connectivity index (χ0v) is 9.67. The van der Waals surface area contributed by atoms with E-state index in [4.69, 9.17) is 9.47 Å². The Morgan fingerprint density at radius 3 is 2.87 bits per heavy atom. The first-order valence-electron chi connectivity index (χ1n) is 5.71. The molecule has 1 fully saturated rings. The van der Waals surface area contributed by atoms with E-state index in [0.717, 1.165) is 26.0 Å². The van der Waals surface area contributed by atoms with Gasteiger partial charge in [0.25, 0.3) is 0 Å². The lowest BCUT2D eigenvalue weighted by Crippen LogP contribution is -2.53. The number of ether oxygens (including phenoxy) is 2. The Hall–Kier alpha value is -0.610. The number of carbonyl (C=O) groups is 1. The summed E-state index contributed by atoms with van der Waals surface area (Å²) in [5.74, 6) is -0.135. The lowest BCUT2D eigenvalue weighted by atomic mass is 9.89. The second kappa shape index (κ2) is 6.08. The van der Waals surface area contributed by atoms with Gasteiger partial charge < -0.3 is 14.8 Å². The molecule has 0 radical (unpaired) electrons. The van der Waals surface area contributed by atoms with Crippen LogP contribution in [0.4, 0.5) is 0 Å². The molecule has 0 amide bonds. The minimum Gasteiger partial charge on any atom is -0.466 e. The molecule has 0 aliphatic carbocycles. The topological polar surface area (TPSA) is 47.6 Å². The van der Waals surface area contributed by atoms with Crippen LogP contribution in [0.2, 0.25) is 0 Å². The summed E-state index contributed by atoms with van der Waals surface area (Å²) >= 11 is 0. The van der Waals surface area contributed by atoms with Crippen LogP contribution in [0.25, 0.3) is 0 Å². The maximum atomic E-state index is 11.5. The van der Waals surface area contributed by atoms with Crippen molar-refractivity contribution >= 4 is 5.97 Å². The number of nitrogens with one attached hydrogen (secondary N) is 1. The molecule has 1 rings (SSSR count). The van der Waals surface area contributed by atoms with Crippen LogP contribution in [0.3, 0.4) is 0 Å². The van der Waals surface area contributed by atoms with Crippen molar-refractivity contribution in [2.75, 3.05) is 26.4 Å². The third kappa shape index (κ3) is 3.80. The third-order valence-corrected chi connectivity index (χ3v) is 2.66. The molecule has 4 nitrogen and oxygen atoms in total. The minimum atomic E-state index is -0.195. The standard InChI is InChI=1S/C11H21NO3/c1-3-12-11(6-5-7-14-9-11)8-10(13)15-4-2/h12H,3-9H2,1-2H3. The van der Waals surface area contributed by atoms with E-state index in [9.17, 15) is 4.79 Å². The first-order valence-corrected chi connectivity index (χ1v) is 5.71. The summed E-state index contributed by atoms with van der Waals surface area (Å²) in [6.07, 6.45) is 2.40. The number of hydrogen-bond acceptors (Lipinski definition) is 4. The van der Waals surface area contributed by atoms with E-state index in [1.165, 1.54) is 0 Å². The molecule has 1 aliphatic heterocycles. The predicted molar refractivity (Wildman–Crippen MR) is 57.7 cm³/mol. The molecule has 0 aromatic carbocycles. The Labute approximate surface area is 91.3 Å². The van der Waals surface area contributed by atoms with Crippen molar-refractivity contribution in [3.63, 3.8) is 0 Å². The summed E-state index contributed by atoms with van der Waals surface area (Å²) in [6.45, 7) is 6.58. The third-order valence-electron chi connectivity index (χ3n) is 2.66. The summed E-state index contributed by atoms with van der Waals surface area (Å²) < 4.78 is 10.4. The fourth-order valence-electron chi connectivity index (χ4n) is 2.06. The fraction of sp³-hybridized carbons (Fsp3) is 0.909. The van der Waals surface area contributed by atoms with Gasteiger partial charge in [0.15, 0.2) is 0 Å². The zero-order chi connectivity index (χ0) is 11.1. The minimum absolute atomic E-state index is 0.135. The molecule has 1 heterocycles. The normalized spacial score (nSPS) is 26.3. The zero-order valence-electron chi connectivity index (χ0n) is 9.67. The number of rotatable bonds is 5. The van der Waals surface area contributed by atoms with E-state index in [-0.39, 0.29) is 11.5 Å². The Balaban J connectivity index is 2.51. The van der Waals surface area contributed by atoms with Gasteiger partial charge in [-0.1, -0.05) is 6.92 Å². The van der Waals surface area contributed by atoms with E-state index in [2.05, 4.69) is 5.32 Å². The highest BCUT2D eigenvalue weighted by atomic mass is 16.5. The van der Waals surface area contributed by atoms with Gasteiger partial charge in [-0.2, -0.15) is 0 Å². The summed E-state index contributed by atoms with van der Waals surface area (Å²) in [7, 11) is 0. The largest absolute Gasteiger partial charge is 0.466 e. The van der Waals surface area contributed by atoms with Gasteiger partial charge in [0.2, 0.25) is 0 Å². The molecule has 0 aromatic heterocycles. The van der Waals surface area contributed by atoms with Crippen molar-refractivity contribution in [3.8, 4) is 0 Å². The van der Waals surface area contributed by atoms with Crippen molar-refractivity contribution in [3.05, 3.63) is 0 Å². The number of likely N-dealkylation sites (N-methyl/N-ethyl adjacent to an activating group) is 1. The van der Waals surface area contributed by atoms with Crippen LogP contribution < -0.4 is 5.32 Å². The van der Waals surface area contributed by atoms with E-state index in [1.807, 2.05) is 13.8 Å². The molecule has 1 N–H and O–H groups in total. The maximum Gasteiger partial charge on any atom is 0.307 e. The highest BCUT2D eigenvalue weighted by molar-refractivity contribution is 5.71. The van der Waals surface area contributed by atoms with Crippen molar-refractivity contribution in [1.29, 1.82) is 0 Å². The SMILES string of the molecule is CCNC1(CC(=O)OCC)CCCOC1. The van der Waals surface area contributed by atoms with Crippen molar-refractivity contribution in [2.24, 2.45) is 0 Å². The number of hydrogen-bond donors (Lipinski definition) is 1. The molecular formula is C11H21NO3. The fourth-order valence-corrected chi connectivity index (χ4v) is 2.06. The van der Waals surface area contributed by atoms with Gasteiger partial charge in [-0.3, -0.25) is 4.79 Å². The van der Waals surface area contributed by atoms with E-state index in [0.29, 0.717) is 19.6 Å². The van der Waals surface area contributed by atoms with Crippen LogP contribution in [-0.4, -0.2) is 37.9 Å². The molecule has 15 heavy (non-hydrogen) atoms. The van der Waals surface area contributed by atoms with Gasteiger partial charge in [0.05, 0.1) is 25.2 Å². The van der Waals surface area contributed by atoms with Gasteiger partial charge in [0.1, 0.15) is 0 Å². The maximum absolute atomic E-state index is 11.5. The lowest BCUT2D eigenvalue weighted by molar-refractivity contribution is -0.146. The van der Waals surface area contributed by atoms with Gasteiger partial charge in [0, 0.05) is 6.61 Å². The molecule has 0 spiro atoms. The first-order chi connectivity index (χ1) is 7.22. The molecular weight excluding hydrogens is 194 g/mol. The van der Waals surface area contributed by atoms with Crippen LogP contribution in [-0.2, 0) is 14.3 Å².